The minimum Gasteiger partial charge on any atom is -0.508 e. The molecular formula is C13H16O6. The third-order valence-corrected chi connectivity index (χ3v) is 2.53. The van der Waals surface area contributed by atoms with Crippen molar-refractivity contribution in [2.45, 2.75) is 12.2 Å². The number of carbonyl (C=O) groups is 1. The molecule has 0 bridgehead atoms. The fourth-order valence-corrected chi connectivity index (χ4v) is 1.26. The molecule has 1 aromatic rings. The molecule has 2 fully saturated rings. The average Bonchev–Trinajstić information content (AvgIpc) is 3.25. The lowest BCUT2D eigenvalue weighted by molar-refractivity contribution is 0.0697. The lowest BCUT2D eigenvalue weighted by atomic mass is 10.2. The van der Waals surface area contributed by atoms with E-state index in [1.54, 1.807) is 0 Å². The molecule has 2 aliphatic rings. The summed E-state index contributed by atoms with van der Waals surface area (Å²) in [7, 11) is 0. The van der Waals surface area contributed by atoms with Crippen molar-refractivity contribution in [2.24, 2.45) is 0 Å². The van der Waals surface area contributed by atoms with Gasteiger partial charge >= 0.3 is 5.97 Å². The monoisotopic (exact) mass is 268 g/mol. The average molecular weight is 268 g/mol. The van der Waals surface area contributed by atoms with Crippen molar-refractivity contribution in [3.8, 4) is 5.75 Å². The molecule has 0 saturated carbocycles. The maximum Gasteiger partial charge on any atom is 0.335 e. The van der Waals surface area contributed by atoms with E-state index >= 15 is 0 Å². The van der Waals surface area contributed by atoms with Gasteiger partial charge in [0.05, 0.1) is 32.0 Å². The van der Waals surface area contributed by atoms with Crippen molar-refractivity contribution in [3.63, 3.8) is 0 Å². The maximum absolute atomic E-state index is 10.2. The highest BCUT2D eigenvalue weighted by Crippen LogP contribution is 2.12. The largest absolute Gasteiger partial charge is 0.508 e. The normalized spacial score (nSPS) is 23.2. The summed E-state index contributed by atoms with van der Waals surface area (Å²) < 4.78 is 15.1. The van der Waals surface area contributed by atoms with Gasteiger partial charge < -0.3 is 24.4 Å². The fourth-order valence-electron chi connectivity index (χ4n) is 1.26. The summed E-state index contributed by atoms with van der Waals surface area (Å²) in [6.45, 7) is 3.26. The summed E-state index contributed by atoms with van der Waals surface area (Å²) in [4.78, 5) is 10.2. The van der Waals surface area contributed by atoms with E-state index in [1.807, 2.05) is 0 Å². The molecule has 0 spiro atoms. The van der Waals surface area contributed by atoms with Crippen LogP contribution in [0.25, 0.3) is 0 Å². The van der Waals surface area contributed by atoms with Crippen molar-refractivity contribution in [1.29, 1.82) is 0 Å². The van der Waals surface area contributed by atoms with Crippen molar-refractivity contribution in [1.82, 2.24) is 0 Å². The van der Waals surface area contributed by atoms with Crippen LogP contribution in [0.2, 0.25) is 0 Å². The smallest absolute Gasteiger partial charge is 0.335 e. The van der Waals surface area contributed by atoms with E-state index in [2.05, 4.69) is 0 Å². The molecule has 6 nitrogen and oxygen atoms in total. The summed E-state index contributed by atoms with van der Waals surface area (Å²) in [6.07, 6.45) is 0.785. The quantitative estimate of drug-likeness (QED) is 0.770. The van der Waals surface area contributed by atoms with Gasteiger partial charge in [-0.2, -0.15) is 0 Å². The summed E-state index contributed by atoms with van der Waals surface area (Å²) in [5, 5.41) is 17.1. The number of carboxylic acids is 1. The number of phenolic OH excluding ortho intramolecular Hbond substituents is 1. The molecule has 2 N–H and O–H groups in total. The minimum absolute atomic E-state index is 0.0741. The van der Waals surface area contributed by atoms with Gasteiger partial charge in [-0.1, -0.05) is 0 Å². The van der Waals surface area contributed by atoms with E-state index in [-0.39, 0.29) is 11.3 Å². The van der Waals surface area contributed by atoms with Crippen molar-refractivity contribution < 1.29 is 29.2 Å². The lowest BCUT2D eigenvalue weighted by Gasteiger charge is -1.95. The van der Waals surface area contributed by atoms with E-state index < -0.39 is 5.97 Å². The first-order valence-electron chi connectivity index (χ1n) is 5.98. The zero-order valence-electron chi connectivity index (χ0n) is 10.3. The number of ether oxygens (including phenoxy) is 3. The number of aromatic carboxylic acids is 1. The van der Waals surface area contributed by atoms with Crippen LogP contribution in [0.5, 0.6) is 5.75 Å². The minimum atomic E-state index is -0.986. The van der Waals surface area contributed by atoms with E-state index in [0.717, 1.165) is 26.4 Å². The van der Waals surface area contributed by atoms with Gasteiger partial charge in [-0.25, -0.2) is 4.79 Å². The third kappa shape index (κ3) is 5.69. The van der Waals surface area contributed by atoms with Crippen LogP contribution in [-0.4, -0.2) is 54.8 Å². The Morgan fingerprint density at radius 2 is 1.63 bits per heavy atom. The van der Waals surface area contributed by atoms with Crippen LogP contribution in [0.1, 0.15) is 10.4 Å². The van der Waals surface area contributed by atoms with Crippen molar-refractivity contribution in [2.75, 3.05) is 26.4 Å². The Bertz CT molecular complexity index is 396. The summed E-state index contributed by atoms with van der Waals surface area (Å²) >= 11 is 0. The molecule has 0 amide bonds. The first-order chi connectivity index (χ1) is 9.15. The summed E-state index contributed by atoms with van der Waals surface area (Å²) in [6, 6.07) is 5.36. The highest BCUT2D eigenvalue weighted by Gasteiger charge is 2.26. The second kappa shape index (κ2) is 6.51. The van der Waals surface area contributed by atoms with Crippen LogP contribution < -0.4 is 0 Å². The van der Waals surface area contributed by atoms with Crippen LogP contribution >= 0.6 is 0 Å². The van der Waals surface area contributed by atoms with Crippen molar-refractivity contribution >= 4 is 5.97 Å². The number of hydrogen-bond donors (Lipinski definition) is 2. The lowest BCUT2D eigenvalue weighted by Crippen LogP contribution is -2.06. The second-order valence-corrected chi connectivity index (χ2v) is 4.30. The second-order valence-electron chi connectivity index (χ2n) is 4.30. The zero-order chi connectivity index (χ0) is 13.7. The van der Waals surface area contributed by atoms with E-state index in [9.17, 15) is 4.79 Å². The topological polar surface area (TPSA) is 91.8 Å². The summed E-state index contributed by atoms with van der Waals surface area (Å²) in [5.74, 6) is -0.912. The molecule has 0 aliphatic carbocycles. The standard InChI is InChI=1S/C7H6O3.C6H10O3/c8-6-3-1-5(2-4-6)7(9)10;1(5-3-8-5)7-2-6-4-9-6/h1-4,8H,(H,9,10);5-6H,1-4H2. The molecule has 104 valence electrons. The number of hydrogen-bond acceptors (Lipinski definition) is 5. The Morgan fingerprint density at radius 1 is 1.16 bits per heavy atom. The van der Waals surface area contributed by atoms with Crippen LogP contribution in [0.3, 0.4) is 0 Å². The number of benzene rings is 1. The van der Waals surface area contributed by atoms with Gasteiger partial charge in [0.2, 0.25) is 0 Å². The molecule has 1 aromatic carbocycles. The molecule has 3 rings (SSSR count). The van der Waals surface area contributed by atoms with E-state index in [1.165, 1.54) is 24.3 Å². The molecule has 0 aromatic heterocycles. The Kier molecular flexibility index (Phi) is 4.73. The highest BCUT2D eigenvalue weighted by molar-refractivity contribution is 5.87. The SMILES string of the molecule is C(OCC1CO1)C1CO1.O=C(O)c1ccc(O)cc1. The Hall–Kier alpha value is -1.63. The van der Waals surface area contributed by atoms with Gasteiger partial charge in [-0.15, -0.1) is 0 Å². The first-order valence-corrected chi connectivity index (χ1v) is 5.98. The van der Waals surface area contributed by atoms with Gasteiger partial charge in [0, 0.05) is 0 Å². The molecule has 2 heterocycles. The van der Waals surface area contributed by atoms with Gasteiger partial charge in [-0.3, -0.25) is 0 Å². The van der Waals surface area contributed by atoms with E-state index in [4.69, 9.17) is 24.4 Å². The molecule has 2 saturated heterocycles. The molecule has 0 radical (unpaired) electrons. The van der Waals surface area contributed by atoms with E-state index in [0.29, 0.717) is 12.2 Å². The van der Waals surface area contributed by atoms with Crippen LogP contribution in [0.4, 0.5) is 0 Å². The number of epoxide rings is 2. The maximum atomic E-state index is 10.2. The van der Waals surface area contributed by atoms with Crippen LogP contribution in [0.15, 0.2) is 24.3 Å². The van der Waals surface area contributed by atoms with Gasteiger partial charge in [0.1, 0.15) is 18.0 Å². The Labute approximate surface area is 110 Å². The predicted octanol–water partition coefficient (Wildman–Crippen LogP) is 0.891. The number of phenols is 1. The fraction of sp³-hybridized carbons (Fsp3) is 0.462. The molecule has 2 unspecified atom stereocenters. The Balaban J connectivity index is 0.000000141. The third-order valence-electron chi connectivity index (χ3n) is 2.53. The molecule has 2 aliphatic heterocycles. The predicted molar refractivity (Wildman–Crippen MR) is 65.4 cm³/mol. The van der Waals surface area contributed by atoms with Crippen LogP contribution in [-0.2, 0) is 14.2 Å². The van der Waals surface area contributed by atoms with Gasteiger partial charge in [0.25, 0.3) is 0 Å². The molecule has 6 heteroatoms. The highest BCUT2D eigenvalue weighted by atomic mass is 16.6. The number of carboxylic acid groups (broad SMARTS) is 1. The zero-order valence-corrected chi connectivity index (χ0v) is 10.3. The number of rotatable bonds is 5. The van der Waals surface area contributed by atoms with Gasteiger partial charge in [0.15, 0.2) is 0 Å². The molecule has 2 atom stereocenters. The Morgan fingerprint density at radius 3 is 2.00 bits per heavy atom. The first kappa shape index (κ1) is 13.8. The molecular weight excluding hydrogens is 252 g/mol. The van der Waals surface area contributed by atoms with Crippen molar-refractivity contribution in [3.05, 3.63) is 29.8 Å². The number of aromatic hydroxyl groups is 1. The molecule has 19 heavy (non-hydrogen) atoms. The van der Waals surface area contributed by atoms with Crippen LogP contribution in [0, 0.1) is 0 Å². The summed E-state index contributed by atoms with van der Waals surface area (Å²) in [5.41, 5.74) is 0.179. The van der Waals surface area contributed by atoms with Gasteiger partial charge in [-0.05, 0) is 24.3 Å².